The number of anilines is 1. The number of ether oxygens (including phenoxy) is 1. The molecule has 30 heavy (non-hydrogen) atoms. The van der Waals surface area contributed by atoms with Crippen LogP contribution in [0.15, 0.2) is 48.5 Å². The van der Waals surface area contributed by atoms with Crippen LogP contribution >= 0.6 is 0 Å². The van der Waals surface area contributed by atoms with Crippen LogP contribution in [-0.4, -0.2) is 42.8 Å². The van der Waals surface area contributed by atoms with Crippen molar-refractivity contribution in [2.24, 2.45) is 5.41 Å². The van der Waals surface area contributed by atoms with E-state index in [1.807, 2.05) is 0 Å². The number of nitrogens with one attached hydrogen (secondary N) is 1. The second-order valence-electron chi connectivity index (χ2n) is 7.61. The number of methoxy groups -OCH3 is 1. The van der Waals surface area contributed by atoms with E-state index in [9.17, 15) is 23.1 Å². The van der Waals surface area contributed by atoms with Gasteiger partial charge in [0.25, 0.3) is 0 Å². The molecule has 0 atom stereocenters. The molecule has 162 valence electrons. The van der Waals surface area contributed by atoms with E-state index in [0.717, 1.165) is 6.07 Å². The maximum atomic E-state index is 13.3. The van der Waals surface area contributed by atoms with Crippen LogP contribution in [0.25, 0.3) is 0 Å². The van der Waals surface area contributed by atoms with Crippen molar-refractivity contribution < 1.29 is 27.8 Å². The number of piperidine rings is 1. The van der Waals surface area contributed by atoms with Gasteiger partial charge in [0.2, 0.25) is 0 Å². The average Bonchev–Trinajstić information content (AvgIpc) is 2.74. The number of aliphatic hydroxyl groups excluding tert-OH is 1. The standard InChI is InChI=1S/C22H25F3N2O3/c1-30-19-9-5-4-8-18(19)26-20(29)27-12-10-21(15-28,11-13-27)14-16-6-2-3-7-17(16)22(23,24)25/h2-9,28H,10-15H2,1H3,(H,26,29). The first-order valence-electron chi connectivity index (χ1n) is 9.73. The molecule has 0 unspecified atom stereocenters. The summed E-state index contributed by atoms with van der Waals surface area (Å²) in [5.41, 5.74) is -0.647. The number of carbonyl (C=O) groups is 1. The summed E-state index contributed by atoms with van der Waals surface area (Å²) in [4.78, 5) is 14.2. The Kier molecular flexibility index (Phi) is 6.55. The van der Waals surface area contributed by atoms with Gasteiger partial charge in [-0.25, -0.2) is 4.79 Å². The number of urea groups is 1. The Balaban J connectivity index is 1.68. The molecule has 0 aliphatic carbocycles. The topological polar surface area (TPSA) is 61.8 Å². The van der Waals surface area contributed by atoms with Gasteiger partial charge in [-0.3, -0.25) is 0 Å². The second-order valence-corrected chi connectivity index (χ2v) is 7.61. The lowest BCUT2D eigenvalue weighted by Gasteiger charge is -2.41. The van der Waals surface area contributed by atoms with E-state index < -0.39 is 17.2 Å². The van der Waals surface area contributed by atoms with Crippen molar-refractivity contribution in [3.63, 3.8) is 0 Å². The number of para-hydroxylation sites is 2. The quantitative estimate of drug-likeness (QED) is 0.743. The molecule has 3 rings (SSSR count). The van der Waals surface area contributed by atoms with E-state index in [-0.39, 0.29) is 24.6 Å². The van der Waals surface area contributed by atoms with Crippen molar-refractivity contribution in [1.82, 2.24) is 4.90 Å². The Hall–Kier alpha value is -2.74. The van der Waals surface area contributed by atoms with Gasteiger partial charge in [-0.05, 0) is 43.0 Å². The van der Waals surface area contributed by atoms with Crippen LogP contribution in [0, 0.1) is 5.41 Å². The molecule has 2 amide bonds. The summed E-state index contributed by atoms with van der Waals surface area (Å²) in [6, 6.07) is 12.2. The zero-order valence-electron chi connectivity index (χ0n) is 16.7. The molecule has 2 N–H and O–H groups in total. The molecule has 0 radical (unpaired) electrons. The lowest BCUT2D eigenvalue weighted by molar-refractivity contribution is -0.138. The number of nitrogens with zero attached hydrogens (tertiary/aromatic N) is 1. The van der Waals surface area contributed by atoms with E-state index >= 15 is 0 Å². The first kappa shape index (κ1) is 22.0. The van der Waals surface area contributed by atoms with E-state index in [1.54, 1.807) is 35.2 Å². The Bertz CT molecular complexity index is 878. The third-order valence-corrected chi connectivity index (χ3v) is 5.68. The Labute approximate surface area is 173 Å². The SMILES string of the molecule is COc1ccccc1NC(=O)N1CCC(CO)(Cc2ccccc2C(F)(F)F)CC1. The Morgan fingerprint density at radius 1 is 1.13 bits per heavy atom. The van der Waals surface area contributed by atoms with Crippen molar-refractivity contribution in [2.75, 3.05) is 32.1 Å². The smallest absolute Gasteiger partial charge is 0.416 e. The lowest BCUT2D eigenvalue weighted by Crippen LogP contribution is -2.47. The van der Waals surface area contributed by atoms with E-state index in [1.165, 1.54) is 19.2 Å². The van der Waals surface area contributed by atoms with Gasteiger partial charge in [-0.15, -0.1) is 0 Å². The predicted molar refractivity (Wildman–Crippen MR) is 107 cm³/mol. The molecule has 5 nitrogen and oxygen atoms in total. The van der Waals surface area contributed by atoms with Gasteiger partial charge >= 0.3 is 12.2 Å². The fourth-order valence-electron chi connectivity index (χ4n) is 3.87. The van der Waals surface area contributed by atoms with Gasteiger partial charge in [-0.2, -0.15) is 13.2 Å². The molecule has 1 saturated heterocycles. The molecule has 2 aromatic carbocycles. The van der Waals surface area contributed by atoms with Crippen LogP contribution in [0.3, 0.4) is 0 Å². The maximum Gasteiger partial charge on any atom is 0.416 e. The minimum absolute atomic E-state index is 0.112. The fourth-order valence-corrected chi connectivity index (χ4v) is 3.87. The number of hydrogen-bond donors (Lipinski definition) is 2. The second kappa shape index (κ2) is 8.95. The number of carbonyl (C=O) groups excluding carboxylic acids is 1. The van der Waals surface area contributed by atoms with Crippen molar-refractivity contribution in [3.05, 3.63) is 59.7 Å². The number of hydrogen-bond acceptors (Lipinski definition) is 3. The molecule has 1 heterocycles. The fraction of sp³-hybridized carbons (Fsp3) is 0.409. The summed E-state index contributed by atoms with van der Waals surface area (Å²) in [5.74, 6) is 0.538. The van der Waals surface area contributed by atoms with Gasteiger partial charge < -0.3 is 20.1 Å². The summed E-state index contributed by atoms with van der Waals surface area (Å²) >= 11 is 0. The highest BCUT2D eigenvalue weighted by atomic mass is 19.4. The van der Waals surface area contributed by atoms with Gasteiger partial charge in [0, 0.05) is 25.1 Å². The van der Waals surface area contributed by atoms with Crippen LogP contribution in [0.2, 0.25) is 0 Å². The van der Waals surface area contributed by atoms with Crippen molar-refractivity contribution in [1.29, 1.82) is 0 Å². The number of rotatable bonds is 5. The molecular formula is C22H25F3N2O3. The van der Waals surface area contributed by atoms with Gasteiger partial charge in [-0.1, -0.05) is 30.3 Å². The number of alkyl halides is 3. The summed E-state index contributed by atoms with van der Waals surface area (Å²) in [6.45, 7) is 0.451. The van der Waals surface area contributed by atoms with Crippen molar-refractivity contribution >= 4 is 11.7 Å². The maximum absolute atomic E-state index is 13.3. The zero-order valence-corrected chi connectivity index (χ0v) is 16.7. The van der Waals surface area contributed by atoms with E-state index in [2.05, 4.69) is 5.32 Å². The highest BCUT2D eigenvalue weighted by Gasteiger charge is 2.39. The lowest BCUT2D eigenvalue weighted by atomic mass is 9.73. The normalized spacial score (nSPS) is 16.2. The third kappa shape index (κ3) is 4.87. The first-order chi connectivity index (χ1) is 14.3. The molecule has 0 spiro atoms. The minimum Gasteiger partial charge on any atom is -0.495 e. The van der Waals surface area contributed by atoms with Crippen LogP contribution in [0.1, 0.15) is 24.0 Å². The minimum atomic E-state index is -4.44. The number of likely N-dealkylation sites (tertiary alicyclic amines) is 1. The first-order valence-corrected chi connectivity index (χ1v) is 9.73. The monoisotopic (exact) mass is 422 g/mol. The molecule has 8 heteroatoms. The van der Waals surface area contributed by atoms with Crippen LogP contribution < -0.4 is 10.1 Å². The van der Waals surface area contributed by atoms with Crippen LogP contribution in [0.4, 0.5) is 23.7 Å². The number of aliphatic hydroxyl groups is 1. The summed E-state index contributed by atoms with van der Waals surface area (Å²) in [6.07, 6.45) is -3.51. The van der Waals surface area contributed by atoms with Crippen LogP contribution in [0.5, 0.6) is 5.75 Å². The number of amides is 2. The molecule has 0 bridgehead atoms. The average molecular weight is 422 g/mol. The molecule has 2 aromatic rings. The van der Waals surface area contributed by atoms with Gasteiger partial charge in [0.05, 0.1) is 18.4 Å². The Morgan fingerprint density at radius 2 is 1.77 bits per heavy atom. The number of benzene rings is 2. The molecular weight excluding hydrogens is 397 g/mol. The summed E-state index contributed by atoms with van der Waals surface area (Å²) in [5, 5.41) is 12.8. The summed E-state index contributed by atoms with van der Waals surface area (Å²) < 4.78 is 45.2. The van der Waals surface area contributed by atoms with Gasteiger partial charge in [0.1, 0.15) is 5.75 Å². The molecule has 1 fully saturated rings. The van der Waals surface area contributed by atoms with Crippen molar-refractivity contribution in [3.8, 4) is 5.75 Å². The molecule has 0 saturated carbocycles. The van der Waals surface area contributed by atoms with Crippen LogP contribution in [-0.2, 0) is 12.6 Å². The summed E-state index contributed by atoms with van der Waals surface area (Å²) in [7, 11) is 1.51. The Morgan fingerprint density at radius 3 is 2.40 bits per heavy atom. The highest BCUT2D eigenvalue weighted by molar-refractivity contribution is 5.91. The van der Waals surface area contributed by atoms with Crippen molar-refractivity contribution in [2.45, 2.75) is 25.4 Å². The molecule has 1 aliphatic heterocycles. The third-order valence-electron chi connectivity index (χ3n) is 5.68. The van der Waals surface area contributed by atoms with E-state index in [0.29, 0.717) is 37.4 Å². The zero-order chi connectivity index (χ0) is 21.8. The molecule has 1 aliphatic rings. The molecule has 0 aromatic heterocycles. The van der Waals surface area contributed by atoms with Gasteiger partial charge in [0.15, 0.2) is 0 Å². The highest BCUT2D eigenvalue weighted by Crippen LogP contribution is 2.39. The predicted octanol–water partition coefficient (Wildman–Crippen LogP) is 4.56. The largest absolute Gasteiger partial charge is 0.495 e. The van der Waals surface area contributed by atoms with E-state index in [4.69, 9.17) is 4.74 Å². The number of halogens is 3.